The molecule has 0 saturated carbocycles. The lowest BCUT2D eigenvalue weighted by molar-refractivity contribution is 0.0693. The van der Waals surface area contributed by atoms with Gasteiger partial charge in [0.15, 0.2) is 5.75 Å². The number of halogens is 1. The molecule has 7 heteroatoms. The van der Waals surface area contributed by atoms with Crippen molar-refractivity contribution >= 4 is 29.2 Å². The van der Waals surface area contributed by atoms with Crippen LogP contribution in [0.15, 0.2) is 36.4 Å². The van der Waals surface area contributed by atoms with E-state index in [9.17, 15) is 19.8 Å². The van der Waals surface area contributed by atoms with E-state index in [0.29, 0.717) is 0 Å². The van der Waals surface area contributed by atoms with Gasteiger partial charge >= 0.3 is 5.97 Å². The molecule has 0 fully saturated rings. The van der Waals surface area contributed by atoms with E-state index in [2.05, 4.69) is 5.32 Å². The quantitative estimate of drug-likeness (QED) is 0.652. The van der Waals surface area contributed by atoms with E-state index in [1.165, 1.54) is 30.3 Å². The smallest absolute Gasteiger partial charge is 0.339 e. The third kappa shape index (κ3) is 3.06. The average Bonchev–Trinajstić information content (AvgIpc) is 2.43. The molecule has 0 bridgehead atoms. The lowest BCUT2D eigenvalue weighted by Gasteiger charge is -2.10. The number of carbonyl (C=O) groups excluding carboxylic acids is 1. The third-order valence-electron chi connectivity index (χ3n) is 2.71. The molecule has 21 heavy (non-hydrogen) atoms. The van der Waals surface area contributed by atoms with Crippen LogP contribution in [-0.2, 0) is 0 Å². The molecule has 2 aromatic carbocycles. The summed E-state index contributed by atoms with van der Waals surface area (Å²) in [5.41, 5.74) is -0.411. The fourth-order valence-corrected chi connectivity index (χ4v) is 1.90. The summed E-state index contributed by atoms with van der Waals surface area (Å²) in [7, 11) is 0. The Morgan fingerprint density at radius 2 is 1.76 bits per heavy atom. The summed E-state index contributed by atoms with van der Waals surface area (Å²) in [6, 6.07) is 7.75. The van der Waals surface area contributed by atoms with Crippen LogP contribution in [0.2, 0.25) is 5.02 Å². The maximum Gasteiger partial charge on any atom is 0.339 e. The predicted molar refractivity (Wildman–Crippen MR) is 76.1 cm³/mol. The van der Waals surface area contributed by atoms with Crippen molar-refractivity contribution < 1.29 is 24.9 Å². The monoisotopic (exact) mass is 307 g/mol. The number of hydrogen-bond donors (Lipinski definition) is 4. The molecule has 4 N–H and O–H groups in total. The van der Waals surface area contributed by atoms with Crippen LogP contribution < -0.4 is 5.32 Å². The zero-order chi connectivity index (χ0) is 15.6. The van der Waals surface area contributed by atoms with Gasteiger partial charge in [-0.2, -0.15) is 0 Å². The van der Waals surface area contributed by atoms with Gasteiger partial charge in [0, 0.05) is 0 Å². The average molecular weight is 308 g/mol. The first kappa shape index (κ1) is 14.7. The maximum absolute atomic E-state index is 12.1. The van der Waals surface area contributed by atoms with Crippen LogP contribution in [0.25, 0.3) is 0 Å². The minimum Gasteiger partial charge on any atom is -0.508 e. The van der Waals surface area contributed by atoms with E-state index in [0.717, 1.165) is 6.07 Å². The van der Waals surface area contributed by atoms with Crippen molar-refractivity contribution in [2.24, 2.45) is 0 Å². The summed E-state index contributed by atoms with van der Waals surface area (Å²) in [6.45, 7) is 0. The van der Waals surface area contributed by atoms with E-state index in [4.69, 9.17) is 16.7 Å². The molecule has 6 nitrogen and oxygen atoms in total. The number of nitrogens with one attached hydrogen (secondary N) is 1. The number of aromatic carboxylic acids is 1. The summed E-state index contributed by atoms with van der Waals surface area (Å²) < 4.78 is 0. The second-order valence-electron chi connectivity index (χ2n) is 4.13. The molecular weight excluding hydrogens is 298 g/mol. The molecule has 0 aliphatic heterocycles. The van der Waals surface area contributed by atoms with E-state index in [-0.39, 0.29) is 27.6 Å². The van der Waals surface area contributed by atoms with Crippen molar-refractivity contribution in [1.29, 1.82) is 0 Å². The van der Waals surface area contributed by atoms with Gasteiger partial charge in [-0.25, -0.2) is 4.79 Å². The molecule has 0 radical (unpaired) electrons. The minimum absolute atomic E-state index is 0.00297. The van der Waals surface area contributed by atoms with Gasteiger partial charge < -0.3 is 20.6 Å². The van der Waals surface area contributed by atoms with E-state index in [1.807, 2.05) is 0 Å². The molecule has 0 atom stereocenters. The molecular formula is C14H10ClNO5. The standard InChI is InChI=1S/C14H10ClNO5/c15-10-5-4-7(17)6-9(10)13(19)16-11-3-1-2-8(12(11)18)14(20)21/h1-6,17-18H,(H,16,19)(H,20,21). The van der Waals surface area contributed by atoms with E-state index < -0.39 is 17.6 Å². The van der Waals surface area contributed by atoms with Crippen LogP contribution in [0.3, 0.4) is 0 Å². The Kier molecular flexibility index (Phi) is 4.00. The van der Waals surface area contributed by atoms with Crippen molar-refractivity contribution in [1.82, 2.24) is 0 Å². The molecule has 0 aliphatic rings. The highest BCUT2D eigenvalue weighted by Crippen LogP contribution is 2.29. The number of phenolic OH excluding ortho intramolecular Hbond substituents is 1. The van der Waals surface area contributed by atoms with Gasteiger partial charge in [0.1, 0.15) is 11.3 Å². The first-order valence-corrected chi connectivity index (χ1v) is 6.13. The molecule has 2 aromatic rings. The first-order chi connectivity index (χ1) is 9.90. The van der Waals surface area contributed by atoms with Gasteiger partial charge in [0.2, 0.25) is 0 Å². The molecule has 0 saturated heterocycles. The lowest BCUT2D eigenvalue weighted by Crippen LogP contribution is -2.13. The molecule has 2 rings (SSSR count). The van der Waals surface area contributed by atoms with Gasteiger partial charge in [-0.15, -0.1) is 0 Å². The second-order valence-corrected chi connectivity index (χ2v) is 4.53. The molecule has 0 aromatic heterocycles. The summed E-state index contributed by atoms with van der Waals surface area (Å²) in [5, 5.41) is 30.5. The summed E-state index contributed by atoms with van der Waals surface area (Å²) in [6.07, 6.45) is 0. The number of anilines is 1. The zero-order valence-corrected chi connectivity index (χ0v) is 11.3. The van der Waals surface area contributed by atoms with Crippen LogP contribution in [0.4, 0.5) is 5.69 Å². The molecule has 1 amide bonds. The number of phenols is 2. The van der Waals surface area contributed by atoms with Crippen LogP contribution in [-0.4, -0.2) is 27.2 Å². The summed E-state index contributed by atoms with van der Waals surface area (Å²) in [4.78, 5) is 23.0. The fraction of sp³-hybridized carbons (Fsp3) is 0. The molecule has 0 unspecified atom stereocenters. The van der Waals surface area contributed by atoms with E-state index in [1.54, 1.807) is 0 Å². The van der Waals surface area contributed by atoms with Crippen LogP contribution in [0, 0.1) is 0 Å². The minimum atomic E-state index is -1.32. The Morgan fingerprint density at radius 1 is 1.05 bits per heavy atom. The lowest BCUT2D eigenvalue weighted by atomic mass is 10.1. The number of carboxylic acids is 1. The van der Waals surface area contributed by atoms with Gasteiger partial charge in [0.05, 0.1) is 16.3 Å². The number of carboxylic acid groups (broad SMARTS) is 1. The Hall–Kier alpha value is -2.73. The molecule has 0 spiro atoms. The zero-order valence-electron chi connectivity index (χ0n) is 10.5. The Balaban J connectivity index is 2.34. The number of benzene rings is 2. The van der Waals surface area contributed by atoms with Crippen LogP contribution in [0.5, 0.6) is 11.5 Å². The Labute approximate surface area is 124 Å². The predicted octanol–water partition coefficient (Wildman–Crippen LogP) is 2.70. The van der Waals surface area contributed by atoms with Gasteiger partial charge in [-0.05, 0) is 30.3 Å². The van der Waals surface area contributed by atoms with Gasteiger partial charge in [-0.1, -0.05) is 17.7 Å². The highest BCUT2D eigenvalue weighted by Gasteiger charge is 2.17. The molecule has 108 valence electrons. The van der Waals surface area contributed by atoms with Crippen molar-refractivity contribution in [2.45, 2.75) is 0 Å². The summed E-state index contributed by atoms with van der Waals surface area (Å²) >= 11 is 5.85. The highest BCUT2D eigenvalue weighted by molar-refractivity contribution is 6.34. The van der Waals surface area contributed by atoms with Gasteiger partial charge in [-0.3, -0.25) is 4.79 Å². The molecule has 0 aliphatic carbocycles. The van der Waals surface area contributed by atoms with Crippen molar-refractivity contribution in [2.75, 3.05) is 5.32 Å². The number of rotatable bonds is 3. The topological polar surface area (TPSA) is 107 Å². The van der Waals surface area contributed by atoms with E-state index >= 15 is 0 Å². The number of carbonyl (C=O) groups is 2. The number of amides is 1. The fourth-order valence-electron chi connectivity index (χ4n) is 1.69. The number of hydrogen-bond acceptors (Lipinski definition) is 4. The highest BCUT2D eigenvalue weighted by atomic mass is 35.5. The first-order valence-electron chi connectivity index (χ1n) is 5.75. The number of para-hydroxylation sites is 1. The van der Waals surface area contributed by atoms with Crippen LogP contribution >= 0.6 is 11.6 Å². The summed E-state index contributed by atoms with van der Waals surface area (Å²) in [5.74, 6) is -2.71. The SMILES string of the molecule is O=C(Nc1cccc(C(=O)O)c1O)c1cc(O)ccc1Cl. The van der Waals surface area contributed by atoms with Crippen molar-refractivity contribution in [3.8, 4) is 11.5 Å². The van der Waals surface area contributed by atoms with Crippen LogP contribution in [0.1, 0.15) is 20.7 Å². The van der Waals surface area contributed by atoms with Crippen molar-refractivity contribution in [3.05, 3.63) is 52.5 Å². The second kappa shape index (κ2) is 5.72. The van der Waals surface area contributed by atoms with Gasteiger partial charge in [0.25, 0.3) is 5.91 Å². The Morgan fingerprint density at radius 3 is 2.43 bits per heavy atom. The maximum atomic E-state index is 12.1. The largest absolute Gasteiger partial charge is 0.508 e. The Bertz CT molecular complexity index is 729. The molecule has 0 heterocycles. The number of aromatic hydroxyl groups is 2. The normalized spacial score (nSPS) is 10.1. The van der Waals surface area contributed by atoms with Crippen molar-refractivity contribution in [3.63, 3.8) is 0 Å². The third-order valence-corrected chi connectivity index (χ3v) is 3.04.